The molecule has 4 heteroatoms. The predicted molar refractivity (Wildman–Crippen MR) is 117 cm³/mol. The molecule has 158 valence electrons. The van der Waals surface area contributed by atoms with Crippen LogP contribution in [0.2, 0.25) is 0 Å². The third-order valence-electron chi connectivity index (χ3n) is 5.51. The molecule has 0 radical (unpaired) electrons. The van der Waals surface area contributed by atoms with Crippen molar-refractivity contribution < 1.29 is 0 Å². The third kappa shape index (κ3) is 14.8. The van der Waals surface area contributed by atoms with E-state index in [4.69, 9.17) is 0 Å². The lowest BCUT2D eigenvalue weighted by molar-refractivity contribution is 0.249. The summed E-state index contributed by atoms with van der Waals surface area (Å²) in [5, 5.41) is 10.9. The van der Waals surface area contributed by atoms with E-state index in [9.17, 15) is 0 Å². The first-order valence-corrected chi connectivity index (χ1v) is 11.9. The molecule has 0 aliphatic carbocycles. The number of nitrogens with zero attached hydrogens (tertiary/aromatic N) is 3. The molecule has 0 bridgehead atoms. The van der Waals surface area contributed by atoms with E-state index in [2.05, 4.69) is 34.2 Å². The maximum atomic E-state index is 4.18. The summed E-state index contributed by atoms with van der Waals surface area (Å²) in [7, 11) is 0. The van der Waals surface area contributed by atoms with Crippen LogP contribution in [0, 0.1) is 0 Å². The smallest absolute Gasteiger partial charge is 0.0964 e. The summed E-state index contributed by atoms with van der Waals surface area (Å²) in [5.74, 6) is 0. The van der Waals surface area contributed by atoms with Crippen LogP contribution >= 0.6 is 0 Å². The zero-order valence-corrected chi connectivity index (χ0v) is 18.4. The first-order chi connectivity index (χ1) is 13.4. The lowest BCUT2D eigenvalue weighted by Gasteiger charge is -2.21. The van der Waals surface area contributed by atoms with E-state index < -0.39 is 0 Å². The van der Waals surface area contributed by atoms with Gasteiger partial charge in [0, 0.05) is 12.7 Å². The Hall–Kier alpha value is -0.900. The van der Waals surface area contributed by atoms with E-state index in [0.717, 1.165) is 12.2 Å². The Morgan fingerprint density at radius 3 is 1.52 bits per heavy atom. The van der Waals surface area contributed by atoms with Crippen LogP contribution in [0.1, 0.15) is 122 Å². The summed E-state index contributed by atoms with van der Waals surface area (Å²) in [6.07, 6.45) is 24.2. The average Bonchev–Trinajstić information content (AvgIpc) is 3.18. The molecule has 0 spiro atoms. The van der Waals surface area contributed by atoms with Crippen molar-refractivity contribution in [2.45, 2.75) is 123 Å². The maximum Gasteiger partial charge on any atom is 0.0964 e. The van der Waals surface area contributed by atoms with Crippen molar-refractivity contribution in [1.29, 1.82) is 0 Å². The molecule has 1 heterocycles. The summed E-state index contributed by atoms with van der Waals surface area (Å²) in [6, 6.07) is 0. The van der Waals surface area contributed by atoms with Gasteiger partial charge in [0.15, 0.2) is 0 Å². The quantitative estimate of drug-likeness (QED) is 0.251. The molecule has 4 nitrogen and oxygen atoms in total. The van der Waals surface area contributed by atoms with Crippen LogP contribution in [-0.2, 0) is 6.54 Å². The van der Waals surface area contributed by atoms with Gasteiger partial charge in [0.1, 0.15) is 0 Å². The number of aromatic amines is 1. The summed E-state index contributed by atoms with van der Waals surface area (Å²) in [4.78, 5) is 2.59. The number of hydrogen-bond donors (Lipinski definition) is 1. The molecule has 0 aliphatic rings. The van der Waals surface area contributed by atoms with E-state index >= 15 is 0 Å². The number of unbranched alkanes of at least 4 members (excludes halogenated alkanes) is 14. The van der Waals surface area contributed by atoms with Crippen LogP contribution < -0.4 is 0 Å². The summed E-state index contributed by atoms with van der Waals surface area (Å²) in [6.45, 7) is 7.94. The standard InChI is InChI=1S/C23H46N4/c1-3-5-7-9-11-13-15-17-19-27(22-23-21-24-26-25-23)20-18-16-14-12-10-8-6-4-2/h21H,3-20,22H2,1-2H3,(H,24,25,26). The molecular weight excluding hydrogens is 332 g/mol. The highest BCUT2D eigenvalue weighted by atomic mass is 15.3. The fourth-order valence-electron chi connectivity index (χ4n) is 3.74. The Labute approximate surface area is 168 Å². The van der Waals surface area contributed by atoms with Crippen molar-refractivity contribution in [2.75, 3.05) is 13.1 Å². The molecule has 0 aromatic carbocycles. The van der Waals surface area contributed by atoms with Gasteiger partial charge in [-0.15, -0.1) is 5.10 Å². The van der Waals surface area contributed by atoms with Crippen LogP contribution in [0.3, 0.4) is 0 Å². The zero-order chi connectivity index (χ0) is 19.4. The largest absolute Gasteiger partial charge is 0.297 e. The number of nitrogens with one attached hydrogen (secondary N) is 1. The summed E-state index contributed by atoms with van der Waals surface area (Å²) in [5.41, 5.74) is 1.08. The number of rotatable bonds is 20. The van der Waals surface area contributed by atoms with Crippen molar-refractivity contribution in [2.24, 2.45) is 0 Å². The van der Waals surface area contributed by atoms with Gasteiger partial charge in [0.2, 0.25) is 0 Å². The molecule has 1 rings (SSSR count). The lowest BCUT2D eigenvalue weighted by Crippen LogP contribution is -2.26. The van der Waals surface area contributed by atoms with Gasteiger partial charge in [0.05, 0.1) is 5.69 Å². The van der Waals surface area contributed by atoms with Gasteiger partial charge in [-0.1, -0.05) is 109 Å². The first kappa shape index (κ1) is 24.1. The second kappa shape index (κ2) is 18.5. The topological polar surface area (TPSA) is 44.8 Å². The predicted octanol–water partition coefficient (Wildman–Crippen LogP) is 6.89. The van der Waals surface area contributed by atoms with Gasteiger partial charge in [-0.2, -0.15) is 0 Å². The molecule has 1 aromatic heterocycles. The zero-order valence-electron chi connectivity index (χ0n) is 18.4. The fraction of sp³-hybridized carbons (Fsp3) is 0.913. The lowest BCUT2D eigenvalue weighted by atomic mass is 10.1. The highest BCUT2D eigenvalue weighted by molar-refractivity contribution is 4.90. The normalized spacial score (nSPS) is 11.5. The molecule has 0 atom stereocenters. The van der Waals surface area contributed by atoms with Crippen LogP contribution in [0.25, 0.3) is 0 Å². The SMILES string of the molecule is CCCCCCCCCCN(CCCCCCCCCC)Cc1c[nH]nn1. The number of aromatic nitrogens is 3. The molecular formula is C23H46N4. The molecule has 27 heavy (non-hydrogen) atoms. The molecule has 0 amide bonds. The molecule has 0 unspecified atom stereocenters. The number of hydrogen-bond acceptors (Lipinski definition) is 3. The van der Waals surface area contributed by atoms with E-state index in [0.29, 0.717) is 0 Å². The minimum atomic E-state index is 0.948. The van der Waals surface area contributed by atoms with E-state index in [1.807, 2.05) is 6.20 Å². The molecule has 0 aliphatic heterocycles. The highest BCUT2D eigenvalue weighted by Crippen LogP contribution is 2.12. The molecule has 1 N–H and O–H groups in total. The van der Waals surface area contributed by atoms with E-state index in [1.165, 1.54) is 116 Å². The van der Waals surface area contributed by atoms with Crippen molar-refractivity contribution in [3.63, 3.8) is 0 Å². The second-order valence-electron chi connectivity index (χ2n) is 8.19. The average molecular weight is 379 g/mol. The first-order valence-electron chi connectivity index (χ1n) is 11.9. The minimum Gasteiger partial charge on any atom is -0.297 e. The van der Waals surface area contributed by atoms with E-state index in [1.54, 1.807) is 0 Å². The van der Waals surface area contributed by atoms with Crippen LogP contribution in [0.4, 0.5) is 0 Å². The Balaban J connectivity index is 2.10. The highest BCUT2D eigenvalue weighted by Gasteiger charge is 2.08. The third-order valence-corrected chi connectivity index (χ3v) is 5.51. The van der Waals surface area contributed by atoms with Gasteiger partial charge in [-0.3, -0.25) is 10.00 Å². The van der Waals surface area contributed by atoms with Crippen molar-refractivity contribution >= 4 is 0 Å². The molecule has 0 fully saturated rings. The van der Waals surface area contributed by atoms with Gasteiger partial charge in [-0.25, -0.2) is 0 Å². The monoisotopic (exact) mass is 378 g/mol. The second-order valence-corrected chi connectivity index (χ2v) is 8.19. The maximum absolute atomic E-state index is 4.18. The van der Waals surface area contributed by atoms with Crippen molar-refractivity contribution in [3.8, 4) is 0 Å². The Kier molecular flexibility index (Phi) is 16.5. The van der Waals surface area contributed by atoms with Gasteiger partial charge in [-0.05, 0) is 25.9 Å². The van der Waals surface area contributed by atoms with Crippen molar-refractivity contribution in [3.05, 3.63) is 11.9 Å². The van der Waals surface area contributed by atoms with Crippen LogP contribution in [0.5, 0.6) is 0 Å². The summed E-state index contributed by atoms with van der Waals surface area (Å²) < 4.78 is 0. The molecule has 1 aromatic rings. The van der Waals surface area contributed by atoms with Crippen LogP contribution in [-0.4, -0.2) is 33.4 Å². The number of H-pyrrole nitrogens is 1. The van der Waals surface area contributed by atoms with Crippen molar-refractivity contribution in [1.82, 2.24) is 20.3 Å². The molecule has 0 saturated heterocycles. The summed E-state index contributed by atoms with van der Waals surface area (Å²) >= 11 is 0. The Morgan fingerprint density at radius 1 is 0.667 bits per heavy atom. The molecule has 0 saturated carbocycles. The van der Waals surface area contributed by atoms with E-state index in [-0.39, 0.29) is 0 Å². The Bertz CT molecular complexity index is 371. The van der Waals surface area contributed by atoms with Gasteiger partial charge >= 0.3 is 0 Å². The van der Waals surface area contributed by atoms with Gasteiger partial charge in [0.25, 0.3) is 0 Å². The fourth-order valence-corrected chi connectivity index (χ4v) is 3.74. The Morgan fingerprint density at radius 2 is 1.11 bits per heavy atom. The van der Waals surface area contributed by atoms with Gasteiger partial charge < -0.3 is 0 Å². The van der Waals surface area contributed by atoms with Crippen LogP contribution in [0.15, 0.2) is 6.20 Å². The minimum absolute atomic E-state index is 0.948.